The van der Waals surface area contributed by atoms with Crippen molar-refractivity contribution in [2.24, 2.45) is 0 Å². The van der Waals surface area contributed by atoms with Gasteiger partial charge in [-0.2, -0.15) is 108 Å². The summed E-state index contributed by atoms with van der Waals surface area (Å²) in [6, 6.07) is 38.6. The molecular weight excluding hydrogens is 655 g/mol. The van der Waals surface area contributed by atoms with Crippen molar-refractivity contribution in [3.05, 3.63) is 155 Å². The molecule has 2 aliphatic carbocycles. The van der Waals surface area contributed by atoms with Crippen molar-refractivity contribution >= 4 is 29.0 Å². The summed E-state index contributed by atoms with van der Waals surface area (Å²) in [5.41, 5.74) is 10.1. The van der Waals surface area contributed by atoms with E-state index in [1.165, 1.54) is 63.2 Å². The monoisotopic (exact) mass is 700 g/mol. The third-order valence-corrected chi connectivity index (χ3v) is 6.91. The molecule has 3 heteroatoms. The zero-order valence-corrected chi connectivity index (χ0v) is 31.6. The maximum absolute atomic E-state index is 3.53. The number of rotatable bonds is 1. The first-order valence-corrected chi connectivity index (χ1v) is 16.5. The Morgan fingerprint density at radius 1 is 0.750 bits per heavy atom. The van der Waals surface area contributed by atoms with Crippen molar-refractivity contribution in [3.8, 4) is 11.1 Å². The minimum Gasteiger partial charge on any atom is -0.184 e. The Morgan fingerprint density at radius 2 is 1.34 bits per heavy atom. The minimum absolute atomic E-state index is 0. The summed E-state index contributed by atoms with van der Waals surface area (Å²) >= 11 is 1.30. The summed E-state index contributed by atoms with van der Waals surface area (Å²) in [6.45, 7) is 15.8. The molecule has 0 saturated carbocycles. The van der Waals surface area contributed by atoms with Crippen molar-refractivity contribution in [3.63, 3.8) is 0 Å². The SMILES string of the molecule is CC(C)(C)c1c[c-]c2c(c1)-c1cc(C(C)(C)C)ccc1C2.CCc1cc[c-]cc1.Cl.Cl.[C-]1=CC=CC1.[CH2]=[Zr].[c-]1ccccc1. The molecule has 0 heterocycles. The second-order valence-electron chi connectivity index (χ2n) is 12.2. The van der Waals surface area contributed by atoms with Crippen LogP contribution in [-0.2, 0) is 47.9 Å². The molecule has 0 N–H and O–H groups in total. The van der Waals surface area contributed by atoms with Crippen LogP contribution in [-0.4, -0.2) is 4.21 Å². The largest absolute Gasteiger partial charge is 0.184 e. The number of aryl methyl sites for hydroxylation is 1. The average Bonchev–Trinajstić information content (AvgIpc) is 3.71. The van der Waals surface area contributed by atoms with Gasteiger partial charge in [0.15, 0.2) is 0 Å². The van der Waals surface area contributed by atoms with Gasteiger partial charge in [-0.15, -0.1) is 36.8 Å². The van der Waals surface area contributed by atoms with Gasteiger partial charge in [-0.3, -0.25) is 6.08 Å². The third-order valence-electron chi connectivity index (χ3n) is 6.91. The topological polar surface area (TPSA) is 0 Å². The third kappa shape index (κ3) is 14.2. The molecule has 0 aliphatic heterocycles. The molecule has 0 atom stereocenters. The molecule has 234 valence electrons. The number of fused-ring (bicyclic) bond motifs is 3. The van der Waals surface area contributed by atoms with Crippen LogP contribution in [0.25, 0.3) is 11.1 Å². The molecule has 0 amide bonds. The van der Waals surface area contributed by atoms with Gasteiger partial charge in [0, 0.05) is 0 Å². The van der Waals surface area contributed by atoms with E-state index >= 15 is 0 Å². The molecule has 4 aromatic carbocycles. The zero-order valence-electron chi connectivity index (χ0n) is 27.5. The number of hydrogen-bond acceptors (Lipinski definition) is 0. The second-order valence-corrected chi connectivity index (χ2v) is 12.2. The first-order chi connectivity index (χ1) is 20.1. The maximum Gasteiger partial charge on any atom is -0.171 e. The van der Waals surface area contributed by atoms with Crippen molar-refractivity contribution in [2.45, 2.75) is 78.6 Å². The fourth-order valence-electron chi connectivity index (χ4n) is 4.32. The van der Waals surface area contributed by atoms with Crippen molar-refractivity contribution in [2.75, 3.05) is 0 Å². The molecule has 0 spiro atoms. The molecule has 0 fully saturated rings. The van der Waals surface area contributed by atoms with E-state index in [0.29, 0.717) is 0 Å². The van der Waals surface area contributed by atoms with Gasteiger partial charge in [0.05, 0.1) is 0 Å². The molecule has 6 rings (SSSR count). The summed E-state index contributed by atoms with van der Waals surface area (Å²) in [5.74, 6) is 0. The molecule has 4 aromatic rings. The molecule has 0 saturated heterocycles. The number of hydrogen-bond donors (Lipinski definition) is 0. The smallest absolute Gasteiger partial charge is 0.171 e. The molecule has 44 heavy (non-hydrogen) atoms. The van der Waals surface area contributed by atoms with Crippen LogP contribution in [0, 0.1) is 24.3 Å². The van der Waals surface area contributed by atoms with Gasteiger partial charge in [0.1, 0.15) is 0 Å². The predicted molar refractivity (Wildman–Crippen MR) is 194 cm³/mol. The van der Waals surface area contributed by atoms with Crippen LogP contribution in [0.3, 0.4) is 0 Å². The van der Waals surface area contributed by atoms with E-state index in [1.807, 2.05) is 54.6 Å². The van der Waals surface area contributed by atoms with Gasteiger partial charge in [0.2, 0.25) is 0 Å². The number of benzene rings is 4. The van der Waals surface area contributed by atoms with E-state index in [0.717, 1.165) is 19.3 Å². The van der Waals surface area contributed by atoms with Gasteiger partial charge >= 0.3 is 28.4 Å². The fourth-order valence-corrected chi connectivity index (χ4v) is 4.32. The quantitative estimate of drug-likeness (QED) is 0.153. The Morgan fingerprint density at radius 3 is 1.75 bits per heavy atom. The molecule has 0 bridgehead atoms. The number of halogens is 2. The number of allylic oxidation sites excluding steroid dienone is 4. The van der Waals surface area contributed by atoms with Crippen LogP contribution in [0.5, 0.6) is 0 Å². The van der Waals surface area contributed by atoms with E-state index in [4.69, 9.17) is 0 Å². The van der Waals surface area contributed by atoms with Gasteiger partial charge in [-0.25, -0.2) is 12.2 Å². The second kappa shape index (κ2) is 21.4. The fraction of sp³-hybridized carbons (Fsp3) is 0.293. The van der Waals surface area contributed by atoms with Crippen molar-refractivity contribution in [1.29, 1.82) is 0 Å². The Kier molecular flexibility index (Phi) is 20.3. The first-order valence-electron chi connectivity index (χ1n) is 14.7. The van der Waals surface area contributed by atoms with E-state index in [2.05, 4.69) is 125 Å². The molecule has 0 aromatic heterocycles. The van der Waals surface area contributed by atoms with E-state index < -0.39 is 0 Å². The van der Waals surface area contributed by atoms with E-state index in [9.17, 15) is 0 Å². The molecule has 0 nitrogen and oxygen atoms in total. The predicted octanol–water partition coefficient (Wildman–Crippen LogP) is 11.3. The van der Waals surface area contributed by atoms with Crippen molar-refractivity contribution < 1.29 is 24.2 Å². The van der Waals surface area contributed by atoms with E-state index in [1.54, 1.807) is 0 Å². The van der Waals surface area contributed by atoms with Crippen LogP contribution >= 0.6 is 24.8 Å². The molecule has 0 unspecified atom stereocenters. The summed E-state index contributed by atoms with van der Waals surface area (Å²) in [7, 11) is 0. The van der Waals surface area contributed by atoms with Crippen LogP contribution < -0.4 is 0 Å². The van der Waals surface area contributed by atoms with E-state index in [-0.39, 0.29) is 35.6 Å². The normalized spacial score (nSPS) is 11.5. The van der Waals surface area contributed by atoms with Gasteiger partial charge in [-0.1, -0.05) is 89.6 Å². The van der Waals surface area contributed by atoms with Gasteiger partial charge < -0.3 is 0 Å². The summed E-state index contributed by atoms with van der Waals surface area (Å²) < 4.78 is 3.34. The standard InChI is InChI=1S/C21H25.C8H9.C6H5.C5H5.CH2.2ClH.Zr/c1-20(2,3)16-9-7-14-11-15-8-10-17(21(4,5)6)13-19(15)18(14)12-16;1-2-8-6-4-3-5-7-8;1-2-4-6-5-3-1;1-2-4-5-3-1;;;;/h7,9-10,12-13H,11H2,1-6H3;4-7H,2H2,1H3;1-5H;1-3H,4H2;1H2;2*1H;/q4*-1;;;;. The van der Waals surface area contributed by atoms with Crippen molar-refractivity contribution in [1.82, 2.24) is 0 Å². The van der Waals surface area contributed by atoms with Crippen LogP contribution in [0.2, 0.25) is 0 Å². The average molecular weight is 703 g/mol. The summed E-state index contributed by atoms with van der Waals surface area (Å²) in [4.78, 5) is 0. The van der Waals surface area contributed by atoms with Crippen LogP contribution in [0.15, 0.2) is 103 Å². The Balaban J connectivity index is 0.000000659. The molecule has 0 radical (unpaired) electrons. The van der Waals surface area contributed by atoms with Gasteiger partial charge in [-0.05, 0) is 17.4 Å². The summed E-state index contributed by atoms with van der Waals surface area (Å²) in [6.07, 6.45) is 12.1. The van der Waals surface area contributed by atoms with Gasteiger partial charge in [0.25, 0.3) is 0 Å². The molecule has 2 aliphatic rings. The summed E-state index contributed by atoms with van der Waals surface area (Å²) in [5, 5.41) is 0. The Hall–Kier alpha value is -2.31. The first kappa shape index (κ1) is 41.7. The van der Waals surface area contributed by atoms with Crippen LogP contribution in [0.4, 0.5) is 0 Å². The minimum atomic E-state index is 0. The maximum atomic E-state index is 3.53. The Bertz CT molecular complexity index is 1290. The van der Waals surface area contributed by atoms with Crippen LogP contribution in [0.1, 0.15) is 82.7 Å². The molecular formula is C41H48Cl2Zr-4. The Labute approximate surface area is 296 Å². The zero-order chi connectivity index (χ0) is 31.0.